The van der Waals surface area contributed by atoms with Crippen molar-refractivity contribution in [2.45, 2.75) is 32.6 Å². The molecule has 0 radical (unpaired) electrons. The van der Waals surface area contributed by atoms with Gasteiger partial charge in [-0.05, 0) is 37.3 Å². The van der Waals surface area contributed by atoms with Crippen LogP contribution in [-0.4, -0.2) is 9.38 Å². The number of fused-ring (bicyclic) bond motifs is 5. The number of aryl methyl sites for hydroxylation is 1. The lowest BCUT2D eigenvalue weighted by Crippen LogP contribution is -2.14. The summed E-state index contributed by atoms with van der Waals surface area (Å²) < 4.78 is 3.75. The molecule has 0 saturated heterocycles. The summed E-state index contributed by atoms with van der Waals surface area (Å²) >= 11 is 1.82. The topological polar surface area (TPSA) is 17.3 Å². The summed E-state index contributed by atoms with van der Waals surface area (Å²) in [6.45, 7) is 2.31. The number of thiazole rings is 1. The quantitative estimate of drug-likeness (QED) is 0.641. The van der Waals surface area contributed by atoms with E-state index in [2.05, 4.69) is 35.6 Å². The maximum Gasteiger partial charge on any atom is 0.195 e. The largest absolute Gasteiger partial charge is 0.287 e. The maximum absolute atomic E-state index is 4.84. The molecule has 3 aromatic rings. The molecule has 0 N–H and O–H groups in total. The highest BCUT2D eigenvalue weighted by Crippen LogP contribution is 2.34. The molecule has 1 aliphatic rings. The number of rotatable bonds is 1. The minimum absolute atomic E-state index is 0.844. The van der Waals surface area contributed by atoms with E-state index < -0.39 is 0 Å². The molecule has 3 heteroatoms. The first-order chi connectivity index (χ1) is 8.86. The summed E-state index contributed by atoms with van der Waals surface area (Å²) in [5.41, 5.74) is 4.15. The van der Waals surface area contributed by atoms with Crippen molar-refractivity contribution in [3.8, 4) is 0 Å². The molecular weight excluding hydrogens is 240 g/mol. The molecule has 0 fully saturated rings. The molecule has 18 heavy (non-hydrogen) atoms. The van der Waals surface area contributed by atoms with Crippen LogP contribution in [0.5, 0.6) is 0 Å². The molecular formula is C15H16N2S. The van der Waals surface area contributed by atoms with Crippen molar-refractivity contribution in [2.24, 2.45) is 5.92 Å². The molecule has 1 aliphatic carbocycles. The smallest absolute Gasteiger partial charge is 0.195 e. The zero-order valence-corrected chi connectivity index (χ0v) is 11.3. The van der Waals surface area contributed by atoms with Gasteiger partial charge in [0.15, 0.2) is 4.96 Å². The molecule has 0 amide bonds. The predicted molar refractivity (Wildman–Crippen MR) is 76.4 cm³/mol. The lowest BCUT2D eigenvalue weighted by Gasteiger charge is -2.20. The lowest BCUT2D eigenvalue weighted by molar-refractivity contribution is 0.436. The summed E-state index contributed by atoms with van der Waals surface area (Å²) in [7, 11) is 0. The van der Waals surface area contributed by atoms with Gasteiger partial charge < -0.3 is 0 Å². The molecule has 2 aromatic heterocycles. The van der Waals surface area contributed by atoms with Crippen LogP contribution in [0.4, 0.5) is 0 Å². The Morgan fingerprint density at radius 3 is 3.17 bits per heavy atom. The fraction of sp³-hybridized carbons (Fsp3) is 0.400. The Morgan fingerprint density at radius 2 is 2.28 bits per heavy atom. The number of hydrogen-bond acceptors (Lipinski definition) is 2. The van der Waals surface area contributed by atoms with Crippen LogP contribution in [0, 0.1) is 5.92 Å². The number of imidazole rings is 1. The standard InChI is InChI=1S/C15H16N2S/c1-2-10-7-8-11-13(9-10)17-12-5-3-4-6-14(12)18-15(17)16-11/h3-6,10H,2,7-9H2,1H3. The summed E-state index contributed by atoms with van der Waals surface area (Å²) in [5.74, 6) is 0.844. The second kappa shape index (κ2) is 3.82. The molecule has 4 rings (SSSR count). The second-order valence-electron chi connectivity index (χ2n) is 5.21. The van der Waals surface area contributed by atoms with Crippen molar-refractivity contribution in [1.29, 1.82) is 0 Å². The van der Waals surface area contributed by atoms with Crippen molar-refractivity contribution >= 4 is 26.5 Å². The van der Waals surface area contributed by atoms with Gasteiger partial charge in [-0.25, -0.2) is 4.98 Å². The van der Waals surface area contributed by atoms with Gasteiger partial charge in [0, 0.05) is 5.69 Å². The van der Waals surface area contributed by atoms with Crippen LogP contribution in [-0.2, 0) is 12.8 Å². The highest BCUT2D eigenvalue weighted by molar-refractivity contribution is 7.23. The van der Waals surface area contributed by atoms with Gasteiger partial charge in [-0.1, -0.05) is 36.8 Å². The number of para-hydroxylation sites is 1. The normalized spacial score (nSPS) is 19.5. The summed E-state index contributed by atoms with van der Waals surface area (Å²) in [5, 5.41) is 0. The second-order valence-corrected chi connectivity index (χ2v) is 6.22. The zero-order chi connectivity index (χ0) is 12.1. The van der Waals surface area contributed by atoms with Gasteiger partial charge in [0.05, 0.1) is 15.9 Å². The van der Waals surface area contributed by atoms with Crippen LogP contribution in [0.2, 0.25) is 0 Å². The molecule has 0 spiro atoms. The fourth-order valence-corrected chi connectivity index (χ4v) is 4.15. The van der Waals surface area contributed by atoms with E-state index in [1.807, 2.05) is 11.3 Å². The third kappa shape index (κ3) is 1.37. The third-order valence-corrected chi connectivity index (χ3v) is 5.20. The van der Waals surface area contributed by atoms with Gasteiger partial charge in [0.2, 0.25) is 0 Å². The van der Waals surface area contributed by atoms with Crippen LogP contribution < -0.4 is 0 Å². The first-order valence-electron chi connectivity index (χ1n) is 6.74. The van der Waals surface area contributed by atoms with Gasteiger partial charge in [-0.15, -0.1) is 0 Å². The molecule has 0 aliphatic heterocycles. The van der Waals surface area contributed by atoms with Gasteiger partial charge >= 0.3 is 0 Å². The summed E-state index contributed by atoms with van der Waals surface area (Å²) in [6, 6.07) is 8.65. The van der Waals surface area contributed by atoms with E-state index in [0.717, 1.165) is 12.3 Å². The molecule has 0 bridgehead atoms. The average molecular weight is 256 g/mol. The number of aromatic nitrogens is 2. The first-order valence-corrected chi connectivity index (χ1v) is 7.56. The summed E-state index contributed by atoms with van der Waals surface area (Å²) in [4.78, 5) is 6.02. The van der Waals surface area contributed by atoms with Crippen molar-refractivity contribution in [3.05, 3.63) is 35.7 Å². The molecule has 0 saturated carbocycles. The molecule has 2 heterocycles. The van der Waals surface area contributed by atoms with E-state index >= 15 is 0 Å². The minimum atomic E-state index is 0.844. The monoisotopic (exact) mass is 256 g/mol. The minimum Gasteiger partial charge on any atom is -0.287 e. The van der Waals surface area contributed by atoms with Crippen LogP contribution in [0.3, 0.4) is 0 Å². The molecule has 1 unspecified atom stereocenters. The Balaban J connectivity index is 2.01. The zero-order valence-electron chi connectivity index (χ0n) is 10.5. The van der Waals surface area contributed by atoms with Crippen molar-refractivity contribution in [3.63, 3.8) is 0 Å². The Hall–Kier alpha value is -1.35. The Bertz CT molecular complexity index is 723. The van der Waals surface area contributed by atoms with E-state index in [1.54, 1.807) is 0 Å². The van der Waals surface area contributed by atoms with Crippen molar-refractivity contribution in [1.82, 2.24) is 9.38 Å². The molecule has 1 aromatic carbocycles. The van der Waals surface area contributed by atoms with E-state index in [1.165, 1.54) is 45.8 Å². The van der Waals surface area contributed by atoms with Crippen LogP contribution in [0.1, 0.15) is 31.2 Å². The Morgan fingerprint density at radius 1 is 1.39 bits per heavy atom. The van der Waals surface area contributed by atoms with Crippen LogP contribution in [0.25, 0.3) is 15.2 Å². The van der Waals surface area contributed by atoms with Crippen LogP contribution >= 0.6 is 11.3 Å². The highest BCUT2D eigenvalue weighted by Gasteiger charge is 2.23. The number of nitrogens with zero attached hydrogens (tertiary/aromatic N) is 2. The fourth-order valence-electron chi connectivity index (χ4n) is 3.09. The van der Waals surface area contributed by atoms with E-state index in [4.69, 9.17) is 4.98 Å². The van der Waals surface area contributed by atoms with E-state index in [-0.39, 0.29) is 0 Å². The highest BCUT2D eigenvalue weighted by atomic mass is 32.1. The third-order valence-electron chi connectivity index (χ3n) is 4.18. The van der Waals surface area contributed by atoms with Crippen LogP contribution in [0.15, 0.2) is 24.3 Å². The van der Waals surface area contributed by atoms with Gasteiger partial charge in [-0.2, -0.15) is 0 Å². The molecule has 92 valence electrons. The number of hydrogen-bond donors (Lipinski definition) is 0. The maximum atomic E-state index is 4.84. The Kier molecular flexibility index (Phi) is 2.24. The molecule has 1 atom stereocenters. The van der Waals surface area contributed by atoms with Crippen molar-refractivity contribution in [2.75, 3.05) is 0 Å². The van der Waals surface area contributed by atoms with E-state index in [0.29, 0.717) is 0 Å². The SMILES string of the molecule is CCC1CCc2nc3sc4ccccc4n3c2C1. The molecule has 2 nitrogen and oxygen atoms in total. The van der Waals surface area contributed by atoms with Gasteiger partial charge in [0.25, 0.3) is 0 Å². The summed E-state index contributed by atoms with van der Waals surface area (Å²) in [6.07, 6.45) is 4.96. The van der Waals surface area contributed by atoms with Crippen molar-refractivity contribution < 1.29 is 0 Å². The average Bonchev–Trinajstić information content (AvgIpc) is 2.93. The lowest BCUT2D eigenvalue weighted by atomic mass is 9.88. The number of benzene rings is 1. The predicted octanol–water partition coefficient (Wildman–Crippen LogP) is 4.06. The Labute approximate surface area is 110 Å². The van der Waals surface area contributed by atoms with E-state index in [9.17, 15) is 0 Å². The van der Waals surface area contributed by atoms with Gasteiger partial charge in [0.1, 0.15) is 0 Å². The first kappa shape index (κ1) is 10.6. The van der Waals surface area contributed by atoms with Gasteiger partial charge in [-0.3, -0.25) is 4.40 Å².